The molecule has 6 nitrogen and oxygen atoms in total. The Morgan fingerprint density at radius 2 is 1.92 bits per heavy atom. The molecule has 0 saturated carbocycles. The van der Waals surface area contributed by atoms with Crippen molar-refractivity contribution in [1.82, 2.24) is 14.7 Å². The molecule has 3 amide bonds. The third-order valence-corrected chi connectivity index (χ3v) is 8.99. The van der Waals surface area contributed by atoms with E-state index in [0.29, 0.717) is 48.3 Å². The summed E-state index contributed by atoms with van der Waals surface area (Å²) in [6.07, 6.45) is 1.30. The highest BCUT2D eigenvalue weighted by atomic mass is 35.5. The van der Waals surface area contributed by atoms with E-state index in [4.69, 9.17) is 23.2 Å². The predicted octanol–water partition coefficient (Wildman–Crippen LogP) is 6.30. The Labute approximate surface area is 235 Å². The Balaban J connectivity index is 1.19. The van der Waals surface area contributed by atoms with Crippen molar-refractivity contribution in [2.24, 2.45) is 0 Å². The van der Waals surface area contributed by atoms with Gasteiger partial charge in [0.05, 0.1) is 16.1 Å². The minimum atomic E-state index is -0.254. The van der Waals surface area contributed by atoms with Gasteiger partial charge in [0.25, 0.3) is 0 Å². The fourth-order valence-electron chi connectivity index (χ4n) is 5.33. The van der Waals surface area contributed by atoms with Crippen molar-refractivity contribution in [2.45, 2.75) is 31.8 Å². The minimum Gasteiger partial charge on any atom is -0.339 e. The van der Waals surface area contributed by atoms with E-state index in [-0.39, 0.29) is 29.8 Å². The summed E-state index contributed by atoms with van der Waals surface area (Å²) in [7, 11) is 0. The first kappa shape index (κ1) is 26.9. The van der Waals surface area contributed by atoms with E-state index < -0.39 is 0 Å². The Morgan fingerprint density at radius 1 is 1.08 bits per heavy atom. The predicted molar refractivity (Wildman–Crippen MR) is 151 cm³/mol. The molecule has 0 bridgehead atoms. The van der Waals surface area contributed by atoms with Gasteiger partial charge in [0.15, 0.2) is 0 Å². The number of hydrogen-bond donors (Lipinski definition) is 1. The second-order valence-electron chi connectivity index (χ2n) is 9.73. The maximum atomic E-state index is 14.1. The molecule has 1 aromatic heterocycles. The molecule has 38 heavy (non-hydrogen) atoms. The number of halogens is 3. The fraction of sp³-hybridized carbons (Fsp3) is 0.357. The molecule has 2 aliphatic rings. The molecule has 5 rings (SSSR count). The van der Waals surface area contributed by atoms with E-state index in [2.05, 4.69) is 21.7 Å². The summed E-state index contributed by atoms with van der Waals surface area (Å²) in [5.74, 6) is -0.188. The molecule has 2 aliphatic heterocycles. The molecule has 0 radical (unpaired) electrons. The van der Waals surface area contributed by atoms with Crippen LogP contribution in [0.3, 0.4) is 0 Å². The molecule has 200 valence electrons. The van der Waals surface area contributed by atoms with E-state index in [0.717, 1.165) is 18.5 Å². The van der Waals surface area contributed by atoms with Gasteiger partial charge in [0.1, 0.15) is 5.82 Å². The molecular formula is C28H29Cl2FN4O2S. The highest BCUT2D eigenvalue weighted by Crippen LogP contribution is 2.38. The zero-order valence-corrected chi connectivity index (χ0v) is 23.3. The van der Waals surface area contributed by atoms with Crippen LogP contribution in [0, 0.1) is 5.82 Å². The quantitative estimate of drug-likeness (QED) is 0.389. The average molecular weight is 576 g/mol. The summed E-state index contributed by atoms with van der Waals surface area (Å²) in [6, 6.07) is 13.4. The summed E-state index contributed by atoms with van der Waals surface area (Å²) in [5.41, 5.74) is 2.68. The Morgan fingerprint density at radius 3 is 2.68 bits per heavy atom. The molecule has 1 N–H and O–H groups in total. The summed E-state index contributed by atoms with van der Waals surface area (Å²) >= 11 is 13.8. The Hall–Kier alpha value is -2.65. The molecule has 3 aromatic rings. The number of carbonyl (C=O) groups excluding carboxylic acids is 2. The van der Waals surface area contributed by atoms with Crippen LogP contribution in [0.1, 0.15) is 35.4 Å². The van der Waals surface area contributed by atoms with Crippen LogP contribution >= 0.6 is 34.5 Å². The van der Waals surface area contributed by atoms with Crippen molar-refractivity contribution in [3.8, 4) is 0 Å². The maximum absolute atomic E-state index is 14.1. The number of carbonyl (C=O) groups is 2. The first-order valence-corrected chi connectivity index (χ1v) is 14.3. The zero-order valence-electron chi connectivity index (χ0n) is 21.0. The smallest absolute Gasteiger partial charge is 0.322 e. The van der Waals surface area contributed by atoms with Crippen LogP contribution in [-0.2, 0) is 11.2 Å². The zero-order chi connectivity index (χ0) is 26.8. The van der Waals surface area contributed by atoms with Gasteiger partial charge < -0.3 is 15.1 Å². The lowest BCUT2D eigenvalue weighted by atomic mass is 9.93. The standard InChI is InChI=1S/C28H29Cl2FN4O2S/c1-18-17-34(12-13-35(18)28(37)32-21-5-6-23(29)24(30)16-21)26(36)8-11-33-10-7-25-22(9-14-38-25)27(33)19-3-2-4-20(31)15-19/h2-6,9,14-16,18,27H,7-8,10-13,17H2,1H3,(H,32,37). The number of nitrogens with one attached hydrogen (secondary N) is 1. The molecule has 0 spiro atoms. The number of anilines is 1. The molecular weight excluding hydrogens is 546 g/mol. The van der Waals surface area contributed by atoms with Crippen molar-refractivity contribution in [2.75, 3.05) is 38.0 Å². The van der Waals surface area contributed by atoms with Crippen molar-refractivity contribution in [1.29, 1.82) is 0 Å². The topological polar surface area (TPSA) is 55.9 Å². The van der Waals surface area contributed by atoms with Crippen molar-refractivity contribution >= 4 is 52.2 Å². The number of fused-ring (bicyclic) bond motifs is 1. The third-order valence-electron chi connectivity index (χ3n) is 7.25. The van der Waals surface area contributed by atoms with Crippen molar-refractivity contribution in [3.05, 3.63) is 85.8 Å². The average Bonchev–Trinajstić information content (AvgIpc) is 3.38. The molecule has 2 aromatic carbocycles. The van der Waals surface area contributed by atoms with Gasteiger partial charge in [-0.05, 0) is 66.2 Å². The van der Waals surface area contributed by atoms with Gasteiger partial charge in [-0.3, -0.25) is 9.69 Å². The van der Waals surface area contributed by atoms with E-state index in [1.54, 1.807) is 46.6 Å². The van der Waals surface area contributed by atoms with Gasteiger partial charge in [-0.2, -0.15) is 0 Å². The van der Waals surface area contributed by atoms with Crippen molar-refractivity contribution in [3.63, 3.8) is 0 Å². The lowest BCUT2D eigenvalue weighted by Gasteiger charge is -2.40. The highest BCUT2D eigenvalue weighted by molar-refractivity contribution is 7.10. The summed E-state index contributed by atoms with van der Waals surface area (Å²) in [4.78, 5) is 33.2. The van der Waals surface area contributed by atoms with E-state index in [9.17, 15) is 14.0 Å². The van der Waals surface area contributed by atoms with Crippen LogP contribution in [0.5, 0.6) is 0 Å². The van der Waals surface area contributed by atoms with Gasteiger partial charge in [0.2, 0.25) is 5.91 Å². The van der Waals surface area contributed by atoms with Crippen molar-refractivity contribution < 1.29 is 14.0 Å². The largest absolute Gasteiger partial charge is 0.339 e. The monoisotopic (exact) mass is 574 g/mol. The summed E-state index contributed by atoms with van der Waals surface area (Å²) in [6.45, 7) is 4.73. The lowest BCUT2D eigenvalue weighted by Crippen LogP contribution is -2.56. The first-order chi connectivity index (χ1) is 18.3. The molecule has 10 heteroatoms. The lowest BCUT2D eigenvalue weighted by molar-refractivity contribution is -0.134. The number of urea groups is 1. The highest BCUT2D eigenvalue weighted by Gasteiger charge is 2.32. The van der Waals surface area contributed by atoms with E-state index in [1.165, 1.54) is 16.5 Å². The van der Waals surface area contributed by atoms with E-state index >= 15 is 0 Å². The molecule has 2 atom stereocenters. The molecule has 3 heterocycles. The number of thiophene rings is 1. The number of hydrogen-bond acceptors (Lipinski definition) is 4. The summed E-state index contributed by atoms with van der Waals surface area (Å²) < 4.78 is 14.1. The Kier molecular flexibility index (Phi) is 8.23. The summed E-state index contributed by atoms with van der Waals surface area (Å²) in [5, 5.41) is 5.74. The normalized spacial score (nSPS) is 19.8. The molecule has 2 unspecified atom stereocenters. The maximum Gasteiger partial charge on any atom is 0.322 e. The number of benzene rings is 2. The molecule has 0 aliphatic carbocycles. The van der Waals surface area contributed by atoms with Crippen LogP contribution in [0.25, 0.3) is 0 Å². The SMILES string of the molecule is CC1CN(C(=O)CCN2CCc3sccc3C2c2cccc(F)c2)CCN1C(=O)Nc1ccc(Cl)c(Cl)c1. The number of piperazine rings is 1. The third kappa shape index (κ3) is 5.83. The molecule has 1 fully saturated rings. The second-order valence-corrected chi connectivity index (χ2v) is 11.5. The van der Waals surface area contributed by atoms with Crippen LogP contribution in [0.4, 0.5) is 14.9 Å². The van der Waals surface area contributed by atoms with Gasteiger partial charge in [-0.15, -0.1) is 11.3 Å². The van der Waals surface area contributed by atoms with Crippen LogP contribution in [-0.4, -0.2) is 65.4 Å². The first-order valence-electron chi connectivity index (χ1n) is 12.7. The second kappa shape index (κ2) is 11.6. The van der Waals surface area contributed by atoms with E-state index in [1.807, 2.05) is 17.9 Å². The van der Waals surface area contributed by atoms with Crippen LogP contribution in [0.2, 0.25) is 10.0 Å². The van der Waals surface area contributed by atoms with Gasteiger partial charge >= 0.3 is 6.03 Å². The number of rotatable bonds is 5. The van der Waals surface area contributed by atoms with Gasteiger partial charge in [0, 0.05) is 55.8 Å². The van der Waals surface area contributed by atoms with Gasteiger partial charge in [-0.25, -0.2) is 9.18 Å². The molecule has 1 saturated heterocycles. The van der Waals surface area contributed by atoms with Crippen LogP contribution < -0.4 is 5.32 Å². The number of nitrogens with zero attached hydrogens (tertiary/aromatic N) is 3. The minimum absolute atomic E-state index is 0.0608. The van der Waals surface area contributed by atoms with Crippen LogP contribution in [0.15, 0.2) is 53.9 Å². The number of amides is 3. The van der Waals surface area contributed by atoms with Gasteiger partial charge in [-0.1, -0.05) is 35.3 Å². The fourth-order valence-corrected chi connectivity index (χ4v) is 6.53. The Bertz CT molecular complexity index is 1340.